The maximum Gasteiger partial charge on any atom is 0.292 e. The predicted molar refractivity (Wildman–Crippen MR) is 117 cm³/mol. The Hall–Kier alpha value is -2.63. The van der Waals surface area contributed by atoms with E-state index in [4.69, 9.17) is 4.52 Å². The van der Waals surface area contributed by atoms with Gasteiger partial charge in [-0.25, -0.2) is 0 Å². The molecule has 0 unspecified atom stereocenters. The Balaban J connectivity index is 1.88. The highest BCUT2D eigenvalue weighted by Crippen LogP contribution is 2.25. The van der Waals surface area contributed by atoms with Crippen molar-refractivity contribution in [1.29, 1.82) is 0 Å². The average Bonchev–Trinajstić information content (AvgIpc) is 3.15. The molecule has 6 nitrogen and oxygen atoms in total. The molecule has 3 rings (SSSR count). The normalized spacial score (nSPS) is 16.0. The molecule has 2 amide bonds. The first-order valence-electron chi connectivity index (χ1n) is 11.1. The highest BCUT2D eigenvalue weighted by Gasteiger charge is 2.24. The first-order chi connectivity index (χ1) is 14.5. The van der Waals surface area contributed by atoms with Gasteiger partial charge in [0, 0.05) is 38.3 Å². The number of aromatic nitrogens is 1. The van der Waals surface area contributed by atoms with Gasteiger partial charge in [-0.05, 0) is 36.8 Å². The topological polar surface area (TPSA) is 66.7 Å². The number of fused-ring (bicyclic) bond motifs is 1. The highest BCUT2D eigenvalue weighted by molar-refractivity contribution is 5.93. The Bertz CT molecular complexity index is 859. The second-order valence-corrected chi connectivity index (χ2v) is 8.57. The van der Waals surface area contributed by atoms with Crippen LogP contribution >= 0.6 is 0 Å². The minimum Gasteiger partial charge on any atom is -0.351 e. The summed E-state index contributed by atoms with van der Waals surface area (Å²) in [4.78, 5) is 29.3. The number of benzene rings is 1. The van der Waals surface area contributed by atoms with Gasteiger partial charge < -0.3 is 14.3 Å². The third-order valence-electron chi connectivity index (χ3n) is 5.51. The lowest BCUT2D eigenvalue weighted by Gasteiger charge is -2.28. The van der Waals surface area contributed by atoms with Gasteiger partial charge in [-0.15, -0.1) is 0 Å². The first-order valence-corrected chi connectivity index (χ1v) is 11.1. The fraction of sp³-hybridized carbons (Fsp3) is 0.542. The van der Waals surface area contributed by atoms with Gasteiger partial charge in [0.15, 0.2) is 0 Å². The molecule has 0 bridgehead atoms. The first kappa shape index (κ1) is 22.1. The summed E-state index contributed by atoms with van der Waals surface area (Å²) in [6.07, 6.45) is 6.00. The number of para-hydroxylation sites is 1. The second-order valence-electron chi connectivity index (χ2n) is 8.57. The lowest BCUT2D eigenvalue weighted by molar-refractivity contribution is -0.116. The van der Waals surface area contributed by atoms with Crippen molar-refractivity contribution in [1.82, 2.24) is 10.1 Å². The van der Waals surface area contributed by atoms with E-state index in [-0.39, 0.29) is 11.8 Å². The third kappa shape index (κ3) is 5.71. The van der Waals surface area contributed by atoms with Crippen molar-refractivity contribution in [3.8, 4) is 0 Å². The number of carbonyl (C=O) groups is 2. The third-order valence-corrected chi connectivity index (χ3v) is 5.51. The Morgan fingerprint density at radius 1 is 1.07 bits per heavy atom. The summed E-state index contributed by atoms with van der Waals surface area (Å²) < 4.78 is 5.39. The Morgan fingerprint density at radius 2 is 1.77 bits per heavy atom. The largest absolute Gasteiger partial charge is 0.351 e. The van der Waals surface area contributed by atoms with E-state index in [9.17, 15) is 9.59 Å². The number of nitrogens with zero attached hydrogens (tertiary/aromatic N) is 3. The number of anilines is 1. The smallest absolute Gasteiger partial charge is 0.292 e. The standard InChI is InChI=1S/C24H33N3O3/c1-18(2)15-21-16-23(30-25-21)24(29)26-13-9-5-4-6-10-14-27(19(3)28)22-12-8-7-11-20(22)17-26/h7-8,11-12,16,18H,4-6,9-10,13-15,17H2,1-3H3. The molecule has 1 aromatic heterocycles. The van der Waals surface area contributed by atoms with Crippen molar-refractivity contribution in [3.05, 3.63) is 47.3 Å². The van der Waals surface area contributed by atoms with Gasteiger partial charge in [-0.3, -0.25) is 9.59 Å². The maximum atomic E-state index is 13.3. The van der Waals surface area contributed by atoms with Crippen LogP contribution in [0.15, 0.2) is 34.9 Å². The van der Waals surface area contributed by atoms with Crippen LogP contribution in [0.1, 0.15) is 74.7 Å². The number of rotatable bonds is 3. The summed E-state index contributed by atoms with van der Waals surface area (Å²) in [5.41, 5.74) is 2.68. The summed E-state index contributed by atoms with van der Waals surface area (Å²) in [6.45, 7) is 7.65. The monoisotopic (exact) mass is 411 g/mol. The molecular weight excluding hydrogens is 378 g/mol. The fourth-order valence-corrected chi connectivity index (χ4v) is 4.00. The summed E-state index contributed by atoms with van der Waals surface area (Å²) in [5.74, 6) is 0.632. The molecule has 30 heavy (non-hydrogen) atoms. The molecule has 1 aromatic carbocycles. The predicted octanol–water partition coefficient (Wildman–Crippen LogP) is 4.83. The molecule has 0 aliphatic carbocycles. The van der Waals surface area contributed by atoms with Gasteiger partial charge in [-0.2, -0.15) is 0 Å². The van der Waals surface area contributed by atoms with Crippen molar-refractivity contribution < 1.29 is 14.1 Å². The Labute approximate surface area is 179 Å². The minimum absolute atomic E-state index is 0.0333. The molecule has 0 saturated carbocycles. The van der Waals surface area contributed by atoms with E-state index in [2.05, 4.69) is 19.0 Å². The van der Waals surface area contributed by atoms with Crippen LogP contribution in [0.3, 0.4) is 0 Å². The van der Waals surface area contributed by atoms with E-state index in [0.29, 0.717) is 31.3 Å². The van der Waals surface area contributed by atoms with Crippen LogP contribution in [-0.4, -0.2) is 35.0 Å². The van der Waals surface area contributed by atoms with E-state index in [0.717, 1.165) is 55.5 Å². The number of carbonyl (C=O) groups excluding carboxylic acids is 2. The lowest BCUT2D eigenvalue weighted by atomic mass is 10.1. The molecular formula is C24H33N3O3. The van der Waals surface area contributed by atoms with Gasteiger partial charge in [-0.1, -0.05) is 56.5 Å². The number of amides is 2. The van der Waals surface area contributed by atoms with Gasteiger partial charge in [0.1, 0.15) is 0 Å². The minimum atomic E-state index is -0.140. The van der Waals surface area contributed by atoms with Crippen molar-refractivity contribution in [2.45, 2.75) is 65.8 Å². The molecule has 2 aromatic rings. The van der Waals surface area contributed by atoms with Crippen molar-refractivity contribution >= 4 is 17.5 Å². The molecule has 0 radical (unpaired) electrons. The van der Waals surface area contributed by atoms with E-state index in [1.165, 1.54) is 0 Å². The molecule has 0 saturated heterocycles. The maximum absolute atomic E-state index is 13.3. The molecule has 0 N–H and O–H groups in total. The quantitative estimate of drug-likeness (QED) is 0.725. The molecule has 6 heteroatoms. The van der Waals surface area contributed by atoms with Crippen molar-refractivity contribution in [3.63, 3.8) is 0 Å². The van der Waals surface area contributed by atoms with Gasteiger partial charge in [0.25, 0.3) is 5.91 Å². The summed E-state index contributed by atoms with van der Waals surface area (Å²) >= 11 is 0. The van der Waals surface area contributed by atoms with E-state index < -0.39 is 0 Å². The highest BCUT2D eigenvalue weighted by atomic mass is 16.5. The SMILES string of the molecule is CC(=O)N1CCCCCCCN(C(=O)c2cc(CC(C)C)no2)Cc2ccccc21. The zero-order valence-corrected chi connectivity index (χ0v) is 18.4. The molecule has 0 fully saturated rings. The van der Waals surface area contributed by atoms with Gasteiger partial charge in [0.2, 0.25) is 11.7 Å². The van der Waals surface area contributed by atoms with Crippen LogP contribution in [0.4, 0.5) is 5.69 Å². The second kappa shape index (κ2) is 10.4. The lowest BCUT2D eigenvalue weighted by Crippen LogP contribution is -2.34. The summed E-state index contributed by atoms with van der Waals surface area (Å²) in [7, 11) is 0. The molecule has 2 heterocycles. The molecule has 162 valence electrons. The number of hydrogen-bond acceptors (Lipinski definition) is 4. The van der Waals surface area contributed by atoms with Gasteiger partial charge >= 0.3 is 0 Å². The summed E-state index contributed by atoms with van der Waals surface area (Å²) in [6, 6.07) is 9.65. The number of hydrogen-bond donors (Lipinski definition) is 0. The molecule has 1 aliphatic heterocycles. The average molecular weight is 412 g/mol. The zero-order chi connectivity index (χ0) is 21.5. The van der Waals surface area contributed by atoms with E-state index in [1.807, 2.05) is 34.1 Å². The molecule has 0 spiro atoms. The van der Waals surface area contributed by atoms with Crippen LogP contribution < -0.4 is 4.90 Å². The van der Waals surface area contributed by atoms with Crippen LogP contribution in [0.25, 0.3) is 0 Å². The van der Waals surface area contributed by atoms with Crippen molar-refractivity contribution in [2.75, 3.05) is 18.0 Å². The molecule has 1 aliphatic rings. The Kier molecular flexibility index (Phi) is 7.66. The van der Waals surface area contributed by atoms with Crippen LogP contribution in [0, 0.1) is 5.92 Å². The fourth-order valence-electron chi connectivity index (χ4n) is 4.00. The van der Waals surface area contributed by atoms with Crippen LogP contribution in [0.2, 0.25) is 0 Å². The zero-order valence-electron chi connectivity index (χ0n) is 18.4. The molecule has 0 atom stereocenters. The van der Waals surface area contributed by atoms with Crippen molar-refractivity contribution in [2.24, 2.45) is 5.92 Å². The van der Waals surface area contributed by atoms with Crippen LogP contribution in [-0.2, 0) is 17.8 Å². The van der Waals surface area contributed by atoms with Gasteiger partial charge in [0.05, 0.1) is 5.69 Å². The van der Waals surface area contributed by atoms with Crippen LogP contribution in [0.5, 0.6) is 0 Å². The van der Waals surface area contributed by atoms with E-state index in [1.54, 1.807) is 13.0 Å². The summed E-state index contributed by atoms with van der Waals surface area (Å²) in [5, 5.41) is 4.08. The Morgan fingerprint density at radius 3 is 2.50 bits per heavy atom. The van der Waals surface area contributed by atoms with E-state index >= 15 is 0 Å².